The zero-order valence-electron chi connectivity index (χ0n) is 18.5. The highest BCUT2D eigenvalue weighted by Gasteiger charge is 2.43. The van der Waals surface area contributed by atoms with Crippen LogP contribution in [0.3, 0.4) is 0 Å². The predicted molar refractivity (Wildman–Crippen MR) is 127 cm³/mol. The zero-order valence-corrected chi connectivity index (χ0v) is 19.4. The quantitative estimate of drug-likeness (QED) is 0.565. The number of nitrogens with one attached hydrogen (secondary N) is 1. The van der Waals surface area contributed by atoms with Gasteiger partial charge in [0.05, 0.1) is 37.7 Å². The predicted octanol–water partition coefficient (Wildman–Crippen LogP) is 4.71. The van der Waals surface area contributed by atoms with Crippen molar-refractivity contribution in [3.63, 3.8) is 0 Å². The number of pyridine rings is 1. The molecule has 162 valence electrons. The van der Waals surface area contributed by atoms with Crippen molar-refractivity contribution in [1.82, 2.24) is 14.9 Å². The summed E-state index contributed by atoms with van der Waals surface area (Å²) in [6.45, 7) is 7.40. The molecule has 0 spiro atoms. The average Bonchev–Trinajstić information content (AvgIpc) is 3.28. The standard InChI is InChI=1S/C24H28N4O2S/c1-6-27-15(2)13-18(16(27)3)23-22(19-9-7-8-12-25-19)26-24(31)28(23)20-14-17(29-4)10-11-21(20)30-5/h7-14,22-23H,6H2,1-5H3,(H,26,31)/t22-,23+/m1/s1. The highest BCUT2D eigenvalue weighted by molar-refractivity contribution is 7.80. The topological polar surface area (TPSA) is 51.6 Å². The van der Waals surface area contributed by atoms with E-state index in [1.807, 2.05) is 42.6 Å². The molecular weight excluding hydrogens is 408 g/mol. The largest absolute Gasteiger partial charge is 0.497 e. The van der Waals surface area contributed by atoms with Crippen molar-refractivity contribution in [2.24, 2.45) is 0 Å². The van der Waals surface area contributed by atoms with Crippen molar-refractivity contribution in [2.75, 3.05) is 19.1 Å². The van der Waals surface area contributed by atoms with Crippen LogP contribution in [0.4, 0.5) is 5.69 Å². The summed E-state index contributed by atoms with van der Waals surface area (Å²) in [5.41, 5.74) is 5.48. The van der Waals surface area contributed by atoms with Gasteiger partial charge in [-0.1, -0.05) is 6.07 Å². The first-order chi connectivity index (χ1) is 15.0. The van der Waals surface area contributed by atoms with Gasteiger partial charge in [-0.15, -0.1) is 0 Å². The molecule has 0 unspecified atom stereocenters. The first kappa shape index (κ1) is 21.2. The van der Waals surface area contributed by atoms with Gasteiger partial charge >= 0.3 is 0 Å². The molecule has 1 aliphatic rings. The number of thiocarbonyl (C=S) groups is 1. The lowest BCUT2D eigenvalue weighted by Gasteiger charge is -2.29. The molecule has 31 heavy (non-hydrogen) atoms. The van der Waals surface area contributed by atoms with Crippen LogP contribution in [-0.2, 0) is 6.54 Å². The fraction of sp³-hybridized carbons (Fsp3) is 0.333. The van der Waals surface area contributed by atoms with E-state index in [9.17, 15) is 0 Å². The van der Waals surface area contributed by atoms with Crippen LogP contribution in [0.25, 0.3) is 0 Å². The zero-order chi connectivity index (χ0) is 22.1. The van der Waals surface area contributed by atoms with E-state index in [0.29, 0.717) is 5.11 Å². The Morgan fingerprint density at radius 3 is 2.52 bits per heavy atom. The molecule has 1 saturated heterocycles. The van der Waals surface area contributed by atoms with Crippen LogP contribution in [0.2, 0.25) is 0 Å². The molecule has 3 heterocycles. The lowest BCUT2D eigenvalue weighted by Crippen LogP contribution is -2.30. The Labute approximate surface area is 188 Å². The molecule has 7 heteroatoms. The van der Waals surface area contributed by atoms with Crippen LogP contribution in [0, 0.1) is 13.8 Å². The summed E-state index contributed by atoms with van der Waals surface area (Å²) in [6, 6.07) is 13.8. The Kier molecular flexibility index (Phi) is 5.87. The van der Waals surface area contributed by atoms with Gasteiger partial charge in [0.25, 0.3) is 0 Å². The lowest BCUT2D eigenvalue weighted by atomic mass is 9.96. The second kappa shape index (κ2) is 8.59. The van der Waals surface area contributed by atoms with Crippen LogP contribution in [0.1, 0.15) is 41.7 Å². The van der Waals surface area contributed by atoms with Crippen molar-refractivity contribution in [3.8, 4) is 11.5 Å². The second-order valence-corrected chi connectivity index (χ2v) is 7.99. The number of anilines is 1. The van der Waals surface area contributed by atoms with Gasteiger partial charge in [0.1, 0.15) is 11.5 Å². The summed E-state index contributed by atoms with van der Waals surface area (Å²) in [7, 11) is 3.33. The molecule has 0 aliphatic carbocycles. The molecule has 1 N–H and O–H groups in total. The van der Waals surface area contributed by atoms with Gasteiger partial charge in [-0.2, -0.15) is 0 Å². The number of rotatable bonds is 6. The summed E-state index contributed by atoms with van der Waals surface area (Å²) in [5, 5.41) is 4.15. The summed E-state index contributed by atoms with van der Waals surface area (Å²) >= 11 is 5.86. The maximum Gasteiger partial charge on any atom is 0.174 e. The Bertz CT molecular complexity index is 1100. The third-order valence-electron chi connectivity index (χ3n) is 5.99. The molecule has 0 bridgehead atoms. The third kappa shape index (κ3) is 3.63. The van der Waals surface area contributed by atoms with Crippen LogP contribution in [0.5, 0.6) is 11.5 Å². The van der Waals surface area contributed by atoms with Crippen molar-refractivity contribution in [1.29, 1.82) is 0 Å². The molecule has 2 aromatic heterocycles. The molecule has 0 saturated carbocycles. The highest BCUT2D eigenvalue weighted by Crippen LogP contribution is 2.46. The summed E-state index contributed by atoms with van der Waals surface area (Å²) in [4.78, 5) is 6.78. The number of benzene rings is 1. The van der Waals surface area contributed by atoms with E-state index in [4.69, 9.17) is 21.7 Å². The summed E-state index contributed by atoms with van der Waals surface area (Å²) in [5.74, 6) is 1.48. The molecule has 3 aromatic rings. The lowest BCUT2D eigenvalue weighted by molar-refractivity contribution is 0.403. The number of aromatic nitrogens is 2. The smallest absolute Gasteiger partial charge is 0.174 e. The second-order valence-electron chi connectivity index (χ2n) is 7.61. The molecule has 0 radical (unpaired) electrons. The molecule has 1 fully saturated rings. The van der Waals surface area contributed by atoms with Crippen LogP contribution in [-0.4, -0.2) is 28.9 Å². The minimum atomic E-state index is -0.101. The van der Waals surface area contributed by atoms with Gasteiger partial charge in [-0.3, -0.25) is 4.98 Å². The minimum absolute atomic E-state index is 0.0880. The van der Waals surface area contributed by atoms with Gasteiger partial charge < -0.3 is 24.3 Å². The van der Waals surface area contributed by atoms with E-state index < -0.39 is 0 Å². The summed E-state index contributed by atoms with van der Waals surface area (Å²) in [6.07, 6.45) is 1.82. The Morgan fingerprint density at radius 1 is 1.10 bits per heavy atom. The molecular formula is C24H28N4O2S. The van der Waals surface area contributed by atoms with Crippen molar-refractivity contribution in [2.45, 2.75) is 39.4 Å². The summed E-state index contributed by atoms with van der Waals surface area (Å²) < 4.78 is 13.5. The number of nitrogens with zero attached hydrogens (tertiary/aromatic N) is 3. The van der Waals surface area contributed by atoms with Gasteiger partial charge in [0, 0.05) is 30.2 Å². The van der Waals surface area contributed by atoms with E-state index in [2.05, 4.69) is 46.6 Å². The van der Waals surface area contributed by atoms with Crippen molar-refractivity contribution >= 4 is 23.0 Å². The Balaban J connectivity index is 1.93. The number of hydrogen-bond donors (Lipinski definition) is 1. The van der Waals surface area contributed by atoms with Gasteiger partial charge in [0.2, 0.25) is 0 Å². The van der Waals surface area contributed by atoms with E-state index >= 15 is 0 Å². The fourth-order valence-electron chi connectivity index (χ4n) is 4.53. The van der Waals surface area contributed by atoms with Crippen molar-refractivity contribution in [3.05, 3.63) is 71.3 Å². The monoisotopic (exact) mass is 436 g/mol. The fourth-order valence-corrected chi connectivity index (χ4v) is 4.87. The maximum atomic E-state index is 5.86. The third-order valence-corrected chi connectivity index (χ3v) is 6.31. The average molecular weight is 437 g/mol. The number of aryl methyl sites for hydroxylation is 1. The molecule has 2 atom stereocenters. The van der Waals surface area contributed by atoms with E-state index in [-0.39, 0.29) is 12.1 Å². The Morgan fingerprint density at radius 2 is 1.90 bits per heavy atom. The first-order valence-corrected chi connectivity index (χ1v) is 10.8. The molecule has 4 rings (SSSR count). The SMILES string of the molecule is CCn1c(C)cc([C@H]2[C@@H](c3ccccn3)NC(=S)N2c2cc(OC)ccc2OC)c1C. The van der Waals surface area contributed by atoms with E-state index in [1.165, 1.54) is 17.0 Å². The van der Waals surface area contributed by atoms with Crippen LogP contribution >= 0.6 is 12.2 Å². The number of ether oxygens (including phenoxy) is 2. The van der Waals surface area contributed by atoms with Gasteiger partial charge in [-0.05, 0) is 68.9 Å². The number of methoxy groups -OCH3 is 2. The molecule has 1 aliphatic heterocycles. The molecule has 6 nitrogen and oxygen atoms in total. The number of hydrogen-bond acceptors (Lipinski definition) is 4. The van der Waals surface area contributed by atoms with E-state index in [1.54, 1.807) is 14.2 Å². The highest BCUT2D eigenvalue weighted by atomic mass is 32.1. The normalized spacial score (nSPS) is 18.2. The minimum Gasteiger partial charge on any atom is -0.497 e. The van der Waals surface area contributed by atoms with Crippen molar-refractivity contribution < 1.29 is 9.47 Å². The molecule has 1 aromatic carbocycles. The Hall–Kier alpha value is -3.06. The van der Waals surface area contributed by atoms with Gasteiger partial charge in [-0.25, -0.2) is 0 Å². The maximum absolute atomic E-state index is 5.86. The van der Waals surface area contributed by atoms with Gasteiger partial charge in [0.15, 0.2) is 5.11 Å². The van der Waals surface area contributed by atoms with Crippen LogP contribution < -0.4 is 19.7 Å². The first-order valence-electron chi connectivity index (χ1n) is 10.4. The van der Waals surface area contributed by atoms with Crippen LogP contribution in [0.15, 0.2) is 48.7 Å². The molecule has 0 amide bonds. The van der Waals surface area contributed by atoms with E-state index in [0.717, 1.165) is 29.4 Å².